The lowest BCUT2D eigenvalue weighted by Gasteiger charge is -2.56. The van der Waals surface area contributed by atoms with Crippen LogP contribution < -0.4 is 19.7 Å². The van der Waals surface area contributed by atoms with Crippen LogP contribution in [0, 0.1) is 0 Å². The summed E-state index contributed by atoms with van der Waals surface area (Å²) in [4.78, 5) is 18.6. The molecule has 1 unspecified atom stereocenters. The molecule has 230 valence electrons. The van der Waals surface area contributed by atoms with Gasteiger partial charge >= 0.3 is 6.09 Å². The fourth-order valence-electron chi connectivity index (χ4n) is 6.82. The van der Waals surface area contributed by atoms with Gasteiger partial charge in [0.2, 0.25) is 11.8 Å². The minimum Gasteiger partial charge on any atom is -0.473 e. The number of aryl methyl sites for hydroxylation is 1. The molecule has 1 aliphatic carbocycles. The lowest BCUT2D eigenvalue weighted by molar-refractivity contribution is 0.146. The average molecular weight is 604 g/mol. The SMILES string of the molecule is Cn1nc(-c2ccc(OCc3ccccc3)nc2OCc2ccccc2)c2ccc(N3CCC(NC(=O)O)CC34CCC4)cc21. The fraction of sp³-hybridized carbons (Fsp3) is 0.306. The summed E-state index contributed by atoms with van der Waals surface area (Å²) in [6, 6.07) is 30.4. The third kappa shape index (κ3) is 5.90. The van der Waals surface area contributed by atoms with Crippen molar-refractivity contribution in [2.45, 2.75) is 56.9 Å². The normalized spacial score (nSPS) is 17.2. The number of rotatable bonds is 9. The zero-order chi connectivity index (χ0) is 30.8. The Morgan fingerprint density at radius 1 is 0.956 bits per heavy atom. The lowest BCUT2D eigenvalue weighted by atomic mass is 9.68. The number of amides is 1. The first-order chi connectivity index (χ1) is 22.0. The van der Waals surface area contributed by atoms with Crippen molar-refractivity contribution in [2.24, 2.45) is 7.05 Å². The molecule has 2 fully saturated rings. The van der Waals surface area contributed by atoms with E-state index in [4.69, 9.17) is 19.6 Å². The molecule has 3 aromatic carbocycles. The van der Waals surface area contributed by atoms with Gasteiger partial charge in [0.05, 0.1) is 11.1 Å². The first-order valence-corrected chi connectivity index (χ1v) is 15.6. The fourth-order valence-corrected chi connectivity index (χ4v) is 6.82. The summed E-state index contributed by atoms with van der Waals surface area (Å²) in [6.45, 7) is 1.59. The number of hydrogen-bond acceptors (Lipinski definition) is 6. The summed E-state index contributed by atoms with van der Waals surface area (Å²) in [5, 5.41) is 18.0. The van der Waals surface area contributed by atoms with E-state index >= 15 is 0 Å². The molecule has 9 heteroatoms. The smallest absolute Gasteiger partial charge is 0.404 e. The van der Waals surface area contributed by atoms with Gasteiger partial charge in [0.1, 0.15) is 18.9 Å². The van der Waals surface area contributed by atoms with Crippen molar-refractivity contribution in [3.05, 3.63) is 102 Å². The van der Waals surface area contributed by atoms with E-state index in [1.54, 1.807) is 0 Å². The second-order valence-electron chi connectivity index (χ2n) is 12.1. The summed E-state index contributed by atoms with van der Waals surface area (Å²) < 4.78 is 14.3. The molecule has 1 atom stereocenters. The first-order valence-electron chi connectivity index (χ1n) is 15.6. The van der Waals surface area contributed by atoms with Crippen LogP contribution in [0.3, 0.4) is 0 Å². The molecule has 5 aromatic rings. The number of ether oxygens (including phenoxy) is 2. The third-order valence-electron chi connectivity index (χ3n) is 9.20. The molecule has 2 N–H and O–H groups in total. The van der Waals surface area contributed by atoms with Crippen molar-refractivity contribution in [2.75, 3.05) is 11.4 Å². The second-order valence-corrected chi connectivity index (χ2v) is 12.1. The number of aromatic nitrogens is 3. The molecule has 2 aromatic heterocycles. The van der Waals surface area contributed by atoms with E-state index < -0.39 is 6.09 Å². The molecule has 45 heavy (non-hydrogen) atoms. The van der Waals surface area contributed by atoms with Gasteiger partial charge in [-0.05, 0) is 67.5 Å². The molecule has 1 aliphatic heterocycles. The number of fused-ring (bicyclic) bond motifs is 1. The van der Waals surface area contributed by atoms with Gasteiger partial charge in [-0.15, -0.1) is 0 Å². The molecule has 7 rings (SSSR count). The van der Waals surface area contributed by atoms with E-state index in [9.17, 15) is 9.90 Å². The average Bonchev–Trinajstić information content (AvgIpc) is 3.37. The number of carboxylic acid groups (broad SMARTS) is 1. The van der Waals surface area contributed by atoms with Crippen LogP contribution in [0.4, 0.5) is 10.5 Å². The number of hydrogen-bond donors (Lipinski definition) is 2. The van der Waals surface area contributed by atoms with E-state index in [1.165, 1.54) is 0 Å². The molecular weight excluding hydrogens is 566 g/mol. The van der Waals surface area contributed by atoms with Gasteiger partial charge in [-0.25, -0.2) is 4.79 Å². The molecular formula is C36H37N5O4. The number of benzene rings is 3. The predicted molar refractivity (Wildman–Crippen MR) is 174 cm³/mol. The lowest BCUT2D eigenvalue weighted by Crippen LogP contribution is -2.62. The van der Waals surface area contributed by atoms with E-state index in [0.29, 0.717) is 25.0 Å². The van der Waals surface area contributed by atoms with Gasteiger partial charge in [0, 0.05) is 42.3 Å². The Morgan fingerprint density at radius 2 is 1.67 bits per heavy atom. The van der Waals surface area contributed by atoms with Crippen LogP contribution in [0.15, 0.2) is 91.0 Å². The first kappa shape index (κ1) is 28.7. The van der Waals surface area contributed by atoms with E-state index in [1.807, 2.05) is 84.5 Å². The van der Waals surface area contributed by atoms with Gasteiger partial charge < -0.3 is 24.8 Å². The van der Waals surface area contributed by atoms with Crippen LogP contribution in [0.2, 0.25) is 0 Å². The van der Waals surface area contributed by atoms with Gasteiger partial charge in [-0.1, -0.05) is 60.7 Å². The number of pyridine rings is 1. The monoisotopic (exact) mass is 603 g/mol. The van der Waals surface area contributed by atoms with E-state index in [2.05, 4.69) is 28.4 Å². The predicted octanol–water partition coefficient (Wildman–Crippen LogP) is 6.95. The zero-order valence-electron chi connectivity index (χ0n) is 25.4. The zero-order valence-corrected chi connectivity index (χ0v) is 25.4. The number of carbonyl (C=O) groups is 1. The van der Waals surface area contributed by atoms with Crippen molar-refractivity contribution in [3.8, 4) is 23.0 Å². The molecule has 1 saturated heterocycles. The van der Waals surface area contributed by atoms with Crippen LogP contribution in [-0.2, 0) is 20.3 Å². The van der Waals surface area contributed by atoms with Crippen molar-refractivity contribution >= 4 is 22.7 Å². The third-order valence-corrected chi connectivity index (χ3v) is 9.20. The van der Waals surface area contributed by atoms with Crippen LogP contribution in [-0.4, -0.2) is 44.1 Å². The molecule has 0 radical (unpaired) electrons. The van der Waals surface area contributed by atoms with Crippen molar-refractivity contribution in [1.29, 1.82) is 0 Å². The molecule has 0 bridgehead atoms. The standard InChI is InChI=1S/C36H37N5O4/c1-40-31-21-28(41-20-17-27(37-35(42)43)22-36(41)18-8-19-36)13-14-29(31)33(39-40)30-15-16-32(44-23-25-9-4-2-5-10-25)38-34(30)45-24-26-11-6-3-7-12-26/h2-7,9-16,21,27,37H,8,17-20,22-24H2,1H3,(H,42,43). The van der Waals surface area contributed by atoms with Crippen molar-refractivity contribution < 1.29 is 19.4 Å². The molecule has 1 saturated carbocycles. The van der Waals surface area contributed by atoms with Gasteiger partial charge in [-0.2, -0.15) is 10.1 Å². The number of piperidine rings is 1. The highest BCUT2D eigenvalue weighted by Crippen LogP contribution is 2.47. The Labute approximate surface area is 262 Å². The molecule has 3 heterocycles. The summed E-state index contributed by atoms with van der Waals surface area (Å²) in [7, 11) is 1.97. The van der Waals surface area contributed by atoms with E-state index in [-0.39, 0.29) is 11.6 Å². The van der Waals surface area contributed by atoms with Crippen molar-refractivity contribution in [3.63, 3.8) is 0 Å². The van der Waals surface area contributed by atoms with Crippen LogP contribution >= 0.6 is 0 Å². The van der Waals surface area contributed by atoms with Crippen molar-refractivity contribution in [1.82, 2.24) is 20.1 Å². The second kappa shape index (κ2) is 12.1. The van der Waals surface area contributed by atoms with E-state index in [0.717, 1.165) is 77.6 Å². The summed E-state index contributed by atoms with van der Waals surface area (Å²) in [5.41, 5.74) is 5.86. The summed E-state index contributed by atoms with van der Waals surface area (Å²) >= 11 is 0. The highest BCUT2D eigenvalue weighted by Gasteiger charge is 2.47. The van der Waals surface area contributed by atoms with Gasteiger partial charge in [0.15, 0.2) is 0 Å². The molecule has 1 amide bonds. The van der Waals surface area contributed by atoms with Crippen LogP contribution in [0.1, 0.15) is 43.2 Å². The van der Waals surface area contributed by atoms with Crippen LogP contribution in [0.5, 0.6) is 11.8 Å². The minimum atomic E-state index is -0.941. The quantitative estimate of drug-likeness (QED) is 0.188. The number of anilines is 1. The maximum absolute atomic E-state index is 11.3. The summed E-state index contributed by atoms with van der Waals surface area (Å²) in [5.74, 6) is 0.953. The number of nitrogens with zero attached hydrogens (tertiary/aromatic N) is 4. The Hall–Kier alpha value is -5.05. The largest absolute Gasteiger partial charge is 0.473 e. The molecule has 9 nitrogen and oxygen atoms in total. The number of nitrogens with one attached hydrogen (secondary N) is 1. The van der Waals surface area contributed by atoms with Gasteiger partial charge in [-0.3, -0.25) is 4.68 Å². The minimum absolute atomic E-state index is 0.00157. The maximum Gasteiger partial charge on any atom is 0.404 e. The topological polar surface area (TPSA) is 102 Å². The highest BCUT2D eigenvalue weighted by molar-refractivity contribution is 5.96. The summed E-state index contributed by atoms with van der Waals surface area (Å²) in [6.07, 6.45) is 4.00. The Morgan fingerprint density at radius 3 is 2.33 bits per heavy atom. The maximum atomic E-state index is 11.3. The van der Waals surface area contributed by atoms with Crippen LogP contribution in [0.25, 0.3) is 22.2 Å². The Bertz CT molecular complexity index is 1800. The molecule has 1 spiro atoms. The molecule has 2 aliphatic rings. The Balaban J connectivity index is 1.20. The highest BCUT2D eigenvalue weighted by atomic mass is 16.5. The van der Waals surface area contributed by atoms with Gasteiger partial charge in [0.25, 0.3) is 0 Å². The Kier molecular flexibility index (Phi) is 7.75.